The second kappa shape index (κ2) is 6.00. The van der Waals surface area contributed by atoms with Crippen molar-refractivity contribution in [3.63, 3.8) is 0 Å². The van der Waals surface area contributed by atoms with Gasteiger partial charge in [-0.05, 0) is 24.3 Å². The molecular weight excluding hydrogens is 196 g/mol. The van der Waals surface area contributed by atoms with Crippen LogP contribution in [0.3, 0.4) is 0 Å². The average Bonchev–Trinajstić information content (AvgIpc) is 2.25. The monoisotopic (exact) mass is 210 g/mol. The number of nitrogens with one attached hydrogen (secondary N) is 1. The molecule has 0 heterocycles. The van der Waals surface area contributed by atoms with Crippen molar-refractivity contribution in [1.29, 1.82) is 0 Å². The van der Waals surface area contributed by atoms with Crippen LogP contribution in [0.1, 0.15) is 10.4 Å². The summed E-state index contributed by atoms with van der Waals surface area (Å²) in [5.41, 5.74) is 8.90. The fourth-order valence-corrected chi connectivity index (χ4v) is 0.935. The Kier molecular flexibility index (Phi) is 4.59. The Hall–Kier alpha value is -1.59. The molecule has 0 atom stereocenters. The highest BCUT2D eigenvalue weighted by Crippen LogP contribution is 2.04. The highest BCUT2D eigenvalue weighted by Gasteiger charge is 2.03. The lowest BCUT2D eigenvalue weighted by Gasteiger charge is -2.05. The molecule has 0 unspecified atom stereocenters. The molecule has 15 heavy (non-hydrogen) atoms. The van der Waals surface area contributed by atoms with E-state index in [0.29, 0.717) is 24.5 Å². The van der Waals surface area contributed by atoms with Gasteiger partial charge in [0, 0.05) is 18.4 Å². The number of rotatable bonds is 5. The van der Waals surface area contributed by atoms with E-state index < -0.39 is 0 Å². The summed E-state index contributed by atoms with van der Waals surface area (Å²) in [7, 11) is 1.56. The predicted octanol–water partition coefficient (Wildman–Crippen LogP) is 0.577. The molecular formula is C10H14N2O3. The maximum atomic E-state index is 11.4. The summed E-state index contributed by atoms with van der Waals surface area (Å²) in [5.74, 6) is -0.300. The van der Waals surface area contributed by atoms with E-state index >= 15 is 0 Å². The third-order valence-corrected chi connectivity index (χ3v) is 1.73. The summed E-state index contributed by atoms with van der Waals surface area (Å²) < 4.78 is 4.75. The lowest BCUT2D eigenvalue weighted by molar-refractivity contribution is 0.00889. The van der Waals surface area contributed by atoms with Crippen LogP contribution >= 0.6 is 0 Å². The van der Waals surface area contributed by atoms with Crippen molar-refractivity contribution >= 4 is 11.6 Å². The van der Waals surface area contributed by atoms with Gasteiger partial charge in [-0.25, -0.2) is 5.48 Å². The number of carbonyl (C=O) groups is 1. The molecule has 82 valence electrons. The maximum absolute atomic E-state index is 11.4. The molecule has 0 aliphatic carbocycles. The standard InChI is InChI=1S/C10H14N2O3/c1-14-6-7-15-12-10(13)8-2-4-9(11)5-3-8/h2-5H,6-7,11H2,1H3,(H,12,13). The van der Waals surface area contributed by atoms with Crippen LogP contribution in [0.5, 0.6) is 0 Å². The Morgan fingerprint density at radius 2 is 2.00 bits per heavy atom. The van der Waals surface area contributed by atoms with Gasteiger partial charge in [0.25, 0.3) is 5.91 Å². The van der Waals surface area contributed by atoms with Gasteiger partial charge in [0.05, 0.1) is 13.2 Å². The Morgan fingerprint density at radius 3 is 2.60 bits per heavy atom. The summed E-state index contributed by atoms with van der Waals surface area (Å²) in [5, 5.41) is 0. The molecule has 5 heteroatoms. The van der Waals surface area contributed by atoms with Gasteiger partial charge in [0.2, 0.25) is 0 Å². The summed E-state index contributed by atoms with van der Waals surface area (Å²) in [6.07, 6.45) is 0. The smallest absolute Gasteiger partial charge is 0.274 e. The maximum Gasteiger partial charge on any atom is 0.274 e. The van der Waals surface area contributed by atoms with Crippen molar-refractivity contribution in [2.75, 3.05) is 26.1 Å². The number of hydrogen-bond acceptors (Lipinski definition) is 4. The number of hydroxylamine groups is 1. The zero-order valence-corrected chi connectivity index (χ0v) is 8.53. The van der Waals surface area contributed by atoms with Gasteiger partial charge in [0.1, 0.15) is 0 Å². The molecule has 0 fully saturated rings. The van der Waals surface area contributed by atoms with E-state index in [4.69, 9.17) is 15.3 Å². The molecule has 0 saturated heterocycles. The van der Waals surface area contributed by atoms with Crippen molar-refractivity contribution < 1.29 is 14.4 Å². The number of carbonyl (C=O) groups excluding carboxylic acids is 1. The van der Waals surface area contributed by atoms with Gasteiger partial charge in [-0.15, -0.1) is 0 Å². The predicted molar refractivity (Wildman–Crippen MR) is 56.1 cm³/mol. The van der Waals surface area contributed by atoms with E-state index in [1.54, 1.807) is 31.4 Å². The number of hydrogen-bond donors (Lipinski definition) is 2. The summed E-state index contributed by atoms with van der Waals surface area (Å²) in [6, 6.07) is 6.57. The molecule has 0 aliphatic rings. The van der Waals surface area contributed by atoms with Gasteiger partial charge < -0.3 is 10.5 Å². The van der Waals surface area contributed by atoms with Crippen LogP contribution in [0.15, 0.2) is 24.3 Å². The van der Waals surface area contributed by atoms with Crippen LogP contribution in [0, 0.1) is 0 Å². The summed E-state index contributed by atoms with van der Waals surface area (Å²) in [4.78, 5) is 16.3. The molecule has 5 nitrogen and oxygen atoms in total. The Balaban J connectivity index is 2.37. The zero-order chi connectivity index (χ0) is 11.1. The Morgan fingerprint density at radius 1 is 1.33 bits per heavy atom. The van der Waals surface area contributed by atoms with Crippen LogP contribution in [-0.4, -0.2) is 26.2 Å². The Labute approximate surface area is 88.1 Å². The van der Waals surface area contributed by atoms with Crippen molar-refractivity contribution in [3.8, 4) is 0 Å². The first kappa shape index (κ1) is 11.5. The van der Waals surface area contributed by atoms with Crippen molar-refractivity contribution in [3.05, 3.63) is 29.8 Å². The average molecular weight is 210 g/mol. The first-order chi connectivity index (χ1) is 7.24. The molecule has 0 aliphatic heterocycles. The molecule has 0 saturated carbocycles. The SMILES string of the molecule is COCCONC(=O)c1ccc(N)cc1. The van der Waals surface area contributed by atoms with E-state index in [-0.39, 0.29) is 5.91 Å². The fraction of sp³-hybridized carbons (Fsp3) is 0.300. The summed E-state index contributed by atoms with van der Waals surface area (Å²) in [6.45, 7) is 0.749. The van der Waals surface area contributed by atoms with Crippen LogP contribution in [0.4, 0.5) is 5.69 Å². The van der Waals surface area contributed by atoms with Gasteiger partial charge in [0.15, 0.2) is 0 Å². The number of nitrogens with two attached hydrogens (primary N) is 1. The molecule has 1 rings (SSSR count). The van der Waals surface area contributed by atoms with E-state index in [1.807, 2.05) is 0 Å². The number of benzene rings is 1. The number of nitrogen functional groups attached to an aromatic ring is 1. The number of ether oxygens (including phenoxy) is 1. The van der Waals surface area contributed by atoms with Crippen LogP contribution in [0.2, 0.25) is 0 Å². The van der Waals surface area contributed by atoms with Crippen LogP contribution in [0.25, 0.3) is 0 Å². The molecule has 1 aromatic rings. The Bertz CT molecular complexity index is 311. The minimum atomic E-state index is -0.300. The van der Waals surface area contributed by atoms with E-state index in [9.17, 15) is 4.79 Å². The molecule has 3 N–H and O–H groups in total. The zero-order valence-electron chi connectivity index (χ0n) is 8.53. The third kappa shape index (κ3) is 3.97. The van der Waals surface area contributed by atoms with Gasteiger partial charge in [-0.2, -0.15) is 0 Å². The topological polar surface area (TPSA) is 73.6 Å². The third-order valence-electron chi connectivity index (χ3n) is 1.73. The lowest BCUT2D eigenvalue weighted by Crippen LogP contribution is -2.25. The number of methoxy groups -OCH3 is 1. The van der Waals surface area contributed by atoms with E-state index in [0.717, 1.165) is 0 Å². The minimum Gasteiger partial charge on any atom is -0.399 e. The lowest BCUT2D eigenvalue weighted by atomic mass is 10.2. The number of amides is 1. The normalized spacial score (nSPS) is 9.93. The second-order valence-corrected chi connectivity index (χ2v) is 2.89. The molecule has 0 bridgehead atoms. The fourth-order valence-electron chi connectivity index (χ4n) is 0.935. The van der Waals surface area contributed by atoms with E-state index in [2.05, 4.69) is 5.48 Å². The van der Waals surface area contributed by atoms with Crippen LogP contribution < -0.4 is 11.2 Å². The highest BCUT2D eigenvalue weighted by molar-refractivity contribution is 5.93. The first-order valence-corrected chi connectivity index (χ1v) is 4.50. The first-order valence-electron chi connectivity index (χ1n) is 4.50. The van der Waals surface area contributed by atoms with Crippen molar-refractivity contribution in [2.24, 2.45) is 0 Å². The second-order valence-electron chi connectivity index (χ2n) is 2.89. The molecule has 0 radical (unpaired) electrons. The molecule has 1 aromatic carbocycles. The quantitative estimate of drug-likeness (QED) is 0.423. The molecule has 1 amide bonds. The minimum absolute atomic E-state index is 0.300. The summed E-state index contributed by atoms with van der Waals surface area (Å²) >= 11 is 0. The molecule has 0 aromatic heterocycles. The molecule has 0 spiro atoms. The van der Waals surface area contributed by atoms with Crippen molar-refractivity contribution in [1.82, 2.24) is 5.48 Å². The van der Waals surface area contributed by atoms with Crippen LogP contribution in [-0.2, 0) is 9.57 Å². The van der Waals surface area contributed by atoms with E-state index in [1.165, 1.54) is 0 Å². The van der Waals surface area contributed by atoms with Gasteiger partial charge >= 0.3 is 0 Å². The number of anilines is 1. The van der Waals surface area contributed by atoms with Crippen molar-refractivity contribution in [2.45, 2.75) is 0 Å². The van der Waals surface area contributed by atoms with Gasteiger partial charge in [-0.1, -0.05) is 0 Å². The van der Waals surface area contributed by atoms with Gasteiger partial charge in [-0.3, -0.25) is 9.63 Å². The highest BCUT2D eigenvalue weighted by atomic mass is 16.7. The largest absolute Gasteiger partial charge is 0.399 e.